The molecule has 0 aliphatic carbocycles. The molecule has 0 spiro atoms. The van der Waals surface area contributed by atoms with E-state index in [9.17, 15) is 24.0 Å². The topological polar surface area (TPSA) is 130 Å². The first kappa shape index (κ1) is 20.0. The lowest BCUT2D eigenvalue weighted by molar-refractivity contribution is -0.138. The van der Waals surface area contributed by atoms with Crippen molar-refractivity contribution in [3.8, 4) is 0 Å². The number of aliphatic hydroxyl groups excluding tert-OH is 1. The third kappa shape index (κ3) is 4.98. The van der Waals surface area contributed by atoms with E-state index in [-0.39, 0.29) is 38.4 Å². The third-order valence-electron chi connectivity index (χ3n) is 3.24. The minimum absolute atomic E-state index is 0.151. The molecule has 0 aromatic carbocycles. The molecule has 0 fully saturated rings. The van der Waals surface area contributed by atoms with Gasteiger partial charge < -0.3 is 9.84 Å². The van der Waals surface area contributed by atoms with E-state index in [1.54, 1.807) is 0 Å². The van der Waals surface area contributed by atoms with Gasteiger partial charge in [0, 0.05) is 19.0 Å². The fourth-order valence-electron chi connectivity index (χ4n) is 1.98. The fourth-order valence-corrected chi connectivity index (χ4v) is 1.98. The van der Waals surface area contributed by atoms with Crippen LogP contribution in [0.3, 0.4) is 0 Å². The highest BCUT2D eigenvalue weighted by Gasteiger charge is 2.16. The molecule has 0 radical (unpaired) electrons. The molecule has 136 valence electrons. The van der Waals surface area contributed by atoms with Crippen molar-refractivity contribution in [2.24, 2.45) is 0 Å². The molecule has 25 heavy (non-hydrogen) atoms. The SMILES string of the molecule is C=CC(=O)CCn1c(=O)n(CCO)c(=O)n(CCOC(=O)C=C)c1=O. The quantitative estimate of drug-likeness (QED) is 0.382. The summed E-state index contributed by atoms with van der Waals surface area (Å²) in [5, 5.41) is 9.01. The van der Waals surface area contributed by atoms with Gasteiger partial charge in [-0.1, -0.05) is 13.2 Å². The van der Waals surface area contributed by atoms with Gasteiger partial charge in [-0.05, 0) is 6.08 Å². The molecule has 0 bridgehead atoms. The Morgan fingerprint density at radius 1 is 0.920 bits per heavy atom. The summed E-state index contributed by atoms with van der Waals surface area (Å²) in [4.78, 5) is 59.2. The van der Waals surface area contributed by atoms with E-state index in [0.29, 0.717) is 13.7 Å². The summed E-state index contributed by atoms with van der Waals surface area (Å²) in [5.41, 5.74) is -2.80. The maximum Gasteiger partial charge on any atom is 0.336 e. The number of aromatic nitrogens is 3. The van der Waals surface area contributed by atoms with Crippen LogP contribution >= 0.6 is 0 Å². The smallest absolute Gasteiger partial charge is 0.336 e. The first-order valence-corrected chi connectivity index (χ1v) is 7.37. The summed E-state index contributed by atoms with van der Waals surface area (Å²) in [6.45, 7) is 4.86. The fraction of sp³-hybridized carbons (Fsp3) is 0.400. The summed E-state index contributed by atoms with van der Waals surface area (Å²) in [5.74, 6) is -1.11. The van der Waals surface area contributed by atoms with E-state index >= 15 is 0 Å². The van der Waals surface area contributed by atoms with Crippen LogP contribution in [0.1, 0.15) is 6.42 Å². The van der Waals surface area contributed by atoms with Crippen molar-refractivity contribution in [3.63, 3.8) is 0 Å². The Hall–Kier alpha value is -3.01. The number of esters is 1. The van der Waals surface area contributed by atoms with E-state index in [2.05, 4.69) is 13.2 Å². The first-order chi connectivity index (χ1) is 11.9. The molecule has 0 aliphatic heterocycles. The van der Waals surface area contributed by atoms with Crippen LogP contribution in [0.15, 0.2) is 39.7 Å². The summed E-state index contributed by atoms with van der Waals surface area (Å²) in [6.07, 6.45) is 1.83. The molecule has 0 amide bonds. The van der Waals surface area contributed by atoms with Gasteiger partial charge in [0.25, 0.3) is 0 Å². The van der Waals surface area contributed by atoms with E-state index < -0.39 is 29.6 Å². The minimum atomic E-state index is -0.940. The molecule has 1 heterocycles. The molecule has 10 heteroatoms. The maximum atomic E-state index is 12.4. The Labute approximate surface area is 141 Å². The predicted molar refractivity (Wildman–Crippen MR) is 87.3 cm³/mol. The number of hydrogen-bond donors (Lipinski definition) is 1. The van der Waals surface area contributed by atoms with E-state index in [1.165, 1.54) is 0 Å². The van der Waals surface area contributed by atoms with E-state index in [4.69, 9.17) is 9.84 Å². The van der Waals surface area contributed by atoms with Crippen molar-refractivity contribution < 1.29 is 19.4 Å². The van der Waals surface area contributed by atoms with Crippen molar-refractivity contribution in [2.75, 3.05) is 13.2 Å². The lowest BCUT2D eigenvalue weighted by Gasteiger charge is -2.13. The van der Waals surface area contributed by atoms with Crippen molar-refractivity contribution in [3.05, 3.63) is 56.8 Å². The van der Waals surface area contributed by atoms with Crippen molar-refractivity contribution >= 4 is 11.8 Å². The molecule has 0 atom stereocenters. The Balaban J connectivity index is 3.29. The molecule has 1 aromatic rings. The number of carbonyl (C=O) groups excluding carboxylic acids is 2. The first-order valence-electron chi connectivity index (χ1n) is 7.37. The van der Waals surface area contributed by atoms with Crippen molar-refractivity contribution in [1.82, 2.24) is 13.7 Å². The van der Waals surface area contributed by atoms with E-state index in [1.807, 2.05) is 0 Å². The van der Waals surface area contributed by atoms with Crippen LogP contribution < -0.4 is 17.1 Å². The molecular weight excluding hydrogens is 334 g/mol. The Kier molecular flexibility index (Phi) is 7.47. The number of ketones is 1. The Morgan fingerprint density at radius 2 is 1.44 bits per heavy atom. The van der Waals surface area contributed by atoms with Gasteiger partial charge in [-0.15, -0.1) is 0 Å². The van der Waals surface area contributed by atoms with Crippen LogP contribution in [0, 0.1) is 0 Å². The molecule has 1 aromatic heterocycles. The van der Waals surface area contributed by atoms with Crippen molar-refractivity contribution in [2.45, 2.75) is 26.1 Å². The number of aliphatic hydroxyl groups is 1. The standard InChI is InChI=1S/C15H19N3O7/c1-3-11(20)5-6-16-13(22)17(7-9-19)15(24)18(14(16)23)8-10-25-12(21)4-2/h3-4,19H,1-2,5-10H2. The second-order valence-corrected chi connectivity index (χ2v) is 4.82. The van der Waals surface area contributed by atoms with Gasteiger partial charge in [0.15, 0.2) is 5.78 Å². The second-order valence-electron chi connectivity index (χ2n) is 4.82. The van der Waals surface area contributed by atoms with Gasteiger partial charge in [-0.25, -0.2) is 32.9 Å². The van der Waals surface area contributed by atoms with Crippen LogP contribution in [0.5, 0.6) is 0 Å². The highest BCUT2D eigenvalue weighted by molar-refractivity contribution is 5.88. The van der Waals surface area contributed by atoms with Gasteiger partial charge in [0.2, 0.25) is 0 Å². The largest absolute Gasteiger partial charge is 0.461 e. The average molecular weight is 353 g/mol. The zero-order valence-corrected chi connectivity index (χ0v) is 13.5. The zero-order valence-electron chi connectivity index (χ0n) is 13.5. The molecular formula is C15H19N3O7. The molecule has 0 aliphatic rings. The highest BCUT2D eigenvalue weighted by Crippen LogP contribution is 1.88. The number of carbonyl (C=O) groups is 2. The molecule has 10 nitrogen and oxygen atoms in total. The summed E-state index contributed by atoms with van der Waals surface area (Å²) >= 11 is 0. The molecule has 0 saturated heterocycles. The Morgan fingerprint density at radius 3 is 1.92 bits per heavy atom. The summed E-state index contributed by atoms with van der Waals surface area (Å²) in [7, 11) is 0. The second kappa shape index (κ2) is 9.33. The monoisotopic (exact) mass is 353 g/mol. The summed E-state index contributed by atoms with van der Waals surface area (Å²) < 4.78 is 6.81. The van der Waals surface area contributed by atoms with Crippen LogP contribution in [0.25, 0.3) is 0 Å². The van der Waals surface area contributed by atoms with Crippen molar-refractivity contribution in [1.29, 1.82) is 0 Å². The molecule has 1 rings (SSSR count). The number of hydrogen-bond acceptors (Lipinski definition) is 7. The maximum absolute atomic E-state index is 12.4. The lowest BCUT2D eigenvalue weighted by atomic mass is 10.3. The molecule has 0 unspecified atom stereocenters. The third-order valence-corrected chi connectivity index (χ3v) is 3.24. The number of nitrogens with zero attached hydrogens (tertiary/aromatic N) is 3. The highest BCUT2D eigenvalue weighted by atomic mass is 16.5. The van der Waals surface area contributed by atoms with Gasteiger partial charge in [-0.3, -0.25) is 4.79 Å². The number of ether oxygens (including phenoxy) is 1. The van der Waals surface area contributed by atoms with Gasteiger partial charge in [0.1, 0.15) is 6.61 Å². The van der Waals surface area contributed by atoms with Crippen LogP contribution in [-0.2, 0) is 34.0 Å². The normalized spacial score (nSPS) is 10.3. The van der Waals surface area contributed by atoms with Crippen LogP contribution in [0.2, 0.25) is 0 Å². The van der Waals surface area contributed by atoms with Crippen LogP contribution in [-0.4, -0.2) is 43.8 Å². The van der Waals surface area contributed by atoms with E-state index in [0.717, 1.165) is 12.2 Å². The molecule has 0 saturated carbocycles. The van der Waals surface area contributed by atoms with Gasteiger partial charge in [-0.2, -0.15) is 0 Å². The number of rotatable bonds is 10. The average Bonchev–Trinajstić information content (AvgIpc) is 2.60. The van der Waals surface area contributed by atoms with Crippen LogP contribution in [0.4, 0.5) is 0 Å². The Bertz CT molecular complexity index is 844. The lowest BCUT2D eigenvalue weighted by Crippen LogP contribution is -2.55. The van der Waals surface area contributed by atoms with Gasteiger partial charge in [0.05, 0.1) is 19.7 Å². The minimum Gasteiger partial charge on any atom is -0.461 e. The molecule has 1 N–H and O–H groups in total. The predicted octanol–water partition coefficient (Wildman–Crippen LogP) is -1.96. The number of allylic oxidation sites excluding steroid dienone is 1. The zero-order chi connectivity index (χ0) is 19.0. The summed E-state index contributed by atoms with van der Waals surface area (Å²) in [6, 6.07) is 0. The van der Waals surface area contributed by atoms with Gasteiger partial charge >= 0.3 is 23.0 Å².